The number of aromatic hydroxyl groups is 1. The van der Waals surface area contributed by atoms with Gasteiger partial charge in [0, 0.05) is 67.8 Å². The summed E-state index contributed by atoms with van der Waals surface area (Å²) in [5.41, 5.74) is 7.38. The predicted octanol–water partition coefficient (Wildman–Crippen LogP) is 5.10. The highest BCUT2D eigenvalue weighted by Crippen LogP contribution is 2.43. The number of fused-ring (bicyclic) bond motifs is 6. The van der Waals surface area contributed by atoms with E-state index in [0.717, 1.165) is 49.9 Å². The summed E-state index contributed by atoms with van der Waals surface area (Å²) in [4.78, 5) is 92.2. The van der Waals surface area contributed by atoms with Crippen molar-refractivity contribution in [3.63, 3.8) is 0 Å². The van der Waals surface area contributed by atoms with E-state index in [2.05, 4.69) is 64.5 Å². The van der Waals surface area contributed by atoms with Crippen LogP contribution in [0, 0.1) is 11.3 Å². The molecule has 3 saturated heterocycles. The van der Waals surface area contributed by atoms with E-state index in [1.165, 1.54) is 14.8 Å². The van der Waals surface area contributed by atoms with Gasteiger partial charge in [0.1, 0.15) is 35.7 Å². The number of carbonyl (C=O) groups is 5. The molecule has 376 valence electrons. The third kappa shape index (κ3) is 9.09. The van der Waals surface area contributed by atoms with Gasteiger partial charge >= 0.3 is 17.7 Å². The van der Waals surface area contributed by atoms with Gasteiger partial charge in [-0.15, -0.1) is 0 Å². The molecule has 4 aliphatic heterocycles. The summed E-state index contributed by atoms with van der Waals surface area (Å²) in [5.74, 6) is -2.46. The number of phenolic OH excluding ortho intramolecular Hbond substituents is 1. The largest absolute Gasteiger partial charge is 0.508 e. The monoisotopic (exact) mass is 972 g/mol. The lowest BCUT2D eigenvalue weighted by Gasteiger charge is -2.37. The molecule has 19 heteroatoms. The maximum atomic E-state index is 14.9. The zero-order valence-corrected chi connectivity index (χ0v) is 41.5. The number of amides is 4. The van der Waals surface area contributed by atoms with E-state index in [1.807, 2.05) is 39.0 Å². The number of carbonyl (C=O) groups excluding carboxylic acids is 5. The summed E-state index contributed by atoms with van der Waals surface area (Å²) in [6.45, 7) is 13.2. The molecule has 2 aromatic carbocycles. The summed E-state index contributed by atoms with van der Waals surface area (Å²) >= 11 is 0. The molecule has 19 nitrogen and oxygen atoms in total. The van der Waals surface area contributed by atoms with E-state index in [0.29, 0.717) is 49.8 Å². The Balaban J connectivity index is 1.10. The van der Waals surface area contributed by atoms with Crippen molar-refractivity contribution in [1.82, 2.24) is 49.9 Å². The molecule has 4 aliphatic rings. The van der Waals surface area contributed by atoms with E-state index < -0.39 is 70.4 Å². The van der Waals surface area contributed by atoms with Gasteiger partial charge in [-0.05, 0) is 117 Å². The van der Waals surface area contributed by atoms with Crippen LogP contribution >= 0.6 is 0 Å². The summed E-state index contributed by atoms with van der Waals surface area (Å²) in [6.07, 6.45) is 5.05. The highest BCUT2D eigenvalue weighted by atomic mass is 16.5. The first-order valence-corrected chi connectivity index (χ1v) is 24.7. The van der Waals surface area contributed by atoms with E-state index in [9.17, 15) is 33.9 Å². The minimum Gasteiger partial charge on any atom is -0.508 e. The van der Waals surface area contributed by atoms with Crippen molar-refractivity contribution in [3.8, 4) is 28.1 Å². The summed E-state index contributed by atoms with van der Waals surface area (Å²) in [7, 11) is 1.66. The number of likely N-dealkylation sites (tertiary alicyclic amines) is 2. The molecule has 9 rings (SSSR count). The smallest absolute Gasteiger partial charge is 0.351 e. The Labute approximate surface area is 411 Å². The van der Waals surface area contributed by atoms with Gasteiger partial charge in [0.05, 0.1) is 24.1 Å². The quantitative estimate of drug-likeness (QED) is 0.149. The first kappa shape index (κ1) is 49.1. The molecule has 4 amide bonds. The summed E-state index contributed by atoms with van der Waals surface area (Å²) in [6, 6.07) is 11.6. The minimum absolute atomic E-state index is 0.0356. The number of esters is 1. The highest BCUT2D eigenvalue weighted by Gasteiger charge is 2.57. The van der Waals surface area contributed by atoms with Crippen LogP contribution in [0.2, 0.25) is 0 Å². The van der Waals surface area contributed by atoms with Crippen LogP contribution in [0.3, 0.4) is 0 Å². The molecule has 0 saturated carbocycles. The third-order valence-corrected chi connectivity index (χ3v) is 14.8. The number of aromatic amines is 1. The number of ether oxygens (including phenoxy) is 2. The molecule has 7 heterocycles. The van der Waals surface area contributed by atoms with Gasteiger partial charge in [0.15, 0.2) is 0 Å². The van der Waals surface area contributed by atoms with Gasteiger partial charge < -0.3 is 34.3 Å². The lowest BCUT2D eigenvalue weighted by molar-refractivity contribution is -0.155. The molecule has 5 aromatic rings. The molecule has 5 atom stereocenters. The number of rotatable bonds is 8. The molecule has 6 bridgehead atoms. The molecule has 3 fully saturated rings. The topological polar surface area (TPSA) is 226 Å². The number of nitrogens with one attached hydrogen (secondary N) is 3. The number of pyridine rings is 1. The van der Waals surface area contributed by atoms with Gasteiger partial charge in [-0.1, -0.05) is 39.8 Å². The summed E-state index contributed by atoms with van der Waals surface area (Å²) in [5, 5.41) is 22.7. The van der Waals surface area contributed by atoms with E-state index >= 15 is 0 Å². The third-order valence-electron chi connectivity index (χ3n) is 14.8. The van der Waals surface area contributed by atoms with Crippen molar-refractivity contribution in [2.24, 2.45) is 11.3 Å². The molecule has 0 aliphatic carbocycles. The first-order chi connectivity index (χ1) is 33.9. The number of methoxy groups -OCH3 is 1. The van der Waals surface area contributed by atoms with Crippen molar-refractivity contribution in [2.45, 2.75) is 123 Å². The second kappa shape index (κ2) is 19.4. The number of benzene rings is 2. The SMILES string of the molecule is CCn1c(-c2cccnc2[C@H](C)OC)c2c3cc(ccc31)-c1cc(O)cc(c1)C[C@H](NC(=O)[C@H](C(C)C)N1CCC3(CCCN3C(=O)n3cn[nH]c3=O)C1=O)C(=O)N1CCC[C@H](N1)C(=O)OCC(C)(C)C2. The van der Waals surface area contributed by atoms with Crippen molar-refractivity contribution < 1.29 is 38.6 Å². The zero-order valence-electron chi connectivity index (χ0n) is 41.5. The van der Waals surface area contributed by atoms with Crippen LogP contribution in [0.15, 0.2) is 65.8 Å². The van der Waals surface area contributed by atoms with Gasteiger partial charge in [0.25, 0.3) is 5.91 Å². The molecule has 4 N–H and O–H groups in total. The van der Waals surface area contributed by atoms with Gasteiger partial charge in [-0.3, -0.25) is 29.2 Å². The molecule has 1 unspecified atom stereocenters. The average molecular weight is 973 g/mol. The lowest BCUT2D eigenvalue weighted by Crippen LogP contribution is -2.62. The highest BCUT2D eigenvalue weighted by molar-refractivity contribution is 5.99. The molecule has 0 radical (unpaired) electrons. The van der Waals surface area contributed by atoms with Gasteiger partial charge in [-0.2, -0.15) is 5.10 Å². The fourth-order valence-electron chi connectivity index (χ4n) is 11.3. The number of aryl methyl sites for hydroxylation is 1. The fraction of sp³-hybridized carbons (Fsp3) is 0.500. The Morgan fingerprint density at radius 1 is 1.00 bits per heavy atom. The normalized spacial score (nSPS) is 22.5. The molecule has 3 aromatic heterocycles. The summed E-state index contributed by atoms with van der Waals surface area (Å²) < 4.78 is 15.1. The van der Waals surface area contributed by atoms with E-state index in [1.54, 1.807) is 25.4 Å². The Bertz CT molecular complexity index is 2960. The standard InChI is InChI=1S/C52H64N10O9/c1-8-58-41-15-14-33-26-37(41)38(44(58)36-12-9-18-53-42(36)31(4)70-7)27-51(5,6)28-71-47(66)39-13-10-20-62(57-39)46(65)40(24-32-22-34(33)25-35(63)23-32)55-45(64)43(30(2)3)59-21-17-52(48(59)67)16-11-19-61(52)50(69)60-29-54-56-49(60)68/h9,12,14-15,18,22-23,25-26,29-31,39-40,43,57,63H,8,10-11,13,16-17,19-21,24,27-28H2,1-7H3,(H,55,64)(H,56,68)/t31-,39-,40-,43-,52?/m0/s1. The van der Waals surface area contributed by atoms with Crippen LogP contribution in [0.5, 0.6) is 5.75 Å². The van der Waals surface area contributed by atoms with Crippen LogP contribution in [0.25, 0.3) is 33.3 Å². The number of H-pyrrole nitrogens is 1. The van der Waals surface area contributed by atoms with Gasteiger partial charge in [-0.25, -0.2) is 24.7 Å². The number of hydrogen-bond donors (Lipinski definition) is 4. The molecular weight excluding hydrogens is 909 g/mol. The number of aromatic nitrogens is 5. The second-order valence-corrected chi connectivity index (χ2v) is 20.6. The minimum atomic E-state index is -1.26. The Kier molecular flexibility index (Phi) is 13.4. The maximum Gasteiger partial charge on any atom is 0.351 e. The fourth-order valence-corrected chi connectivity index (χ4v) is 11.3. The predicted molar refractivity (Wildman–Crippen MR) is 263 cm³/mol. The second-order valence-electron chi connectivity index (χ2n) is 20.6. The number of cyclic esters (lactones) is 1. The van der Waals surface area contributed by atoms with Crippen molar-refractivity contribution in [2.75, 3.05) is 33.4 Å². The van der Waals surface area contributed by atoms with Crippen LogP contribution in [-0.4, -0.2) is 131 Å². The lowest BCUT2D eigenvalue weighted by atomic mass is 9.84. The zero-order chi connectivity index (χ0) is 50.5. The van der Waals surface area contributed by atoms with Crippen LogP contribution in [0.1, 0.15) is 96.6 Å². The molecule has 1 spiro atoms. The van der Waals surface area contributed by atoms with Crippen molar-refractivity contribution in [1.29, 1.82) is 0 Å². The number of nitrogens with zero attached hydrogens (tertiary/aromatic N) is 7. The van der Waals surface area contributed by atoms with Crippen LogP contribution < -0.4 is 16.4 Å². The molecule has 71 heavy (non-hydrogen) atoms. The Morgan fingerprint density at radius 2 is 1.80 bits per heavy atom. The molecular formula is C52H64N10O9. The average Bonchev–Trinajstić information content (AvgIpc) is 4.14. The van der Waals surface area contributed by atoms with Crippen LogP contribution in [0.4, 0.5) is 4.79 Å². The number of hydrogen-bond acceptors (Lipinski definition) is 12. The number of hydrazine groups is 1. The maximum absolute atomic E-state index is 14.9. The Morgan fingerprint density at radius 3 is 2.54 bits per heavy atom. The first-order valence-electron chi connectivity index (χ1n) is 24.7. The number of phenols is 1. The van der Waals surface area contributed by atoms with Gasteiger partial charge in [0.2, 0.25) is 11.8 Å². The Hall–Kier alpha value is -6.86. The van der Waals surface area contributed by atoms with E-state index in [-0.39, 0.29) is 50.9 Å². The van der Waals surface area contributed by atoms with Crippen molar-refractivity contribution >= 4 is 40.6 Å². The van der Waals surface area contributed by atoms with Crippen LogP contribution in [-0.2, 0) is 48.0 Å². The van der Waals surface area contributed by atoms with Crippen molar-refractivity contribution in [3.05, 3.63) is 88.4 Å². The van der Waals surface area contributed by atoms with E-state index in [4.69, 9.17) is 14.5 Å².